The second kappa shape index (κ2) is 8.33. The van der Waals surface area contributed by atoms with E-state index >= 15 is 0 Å². The van der Waals surface area contributed by atoms with Crippen LogP contribution in [-0.2, 0) is 11.2 Å². The monoisotopic (exact) mass is 327 g/mol. The number of rotatable bonds is 8. The van der Waals surface area contributed by atoms with Gasteiger partial charge in [-0.3, -0.25) is 0 Å². The number of methoxy groups -OCH3 is 1. The van der Waals surface area contributed by atoms with Crippen LogP contribution in [0.3, 0.4) is 0 Å². The molecule has 1 aromatic rings. The third kappa shape index (κ3) is 6.21. The number of hydrogen-bond donors (Lipinski definition) is 0. The van der Waals surface area contributed by atoms with E-state index in [1.165, 1.54) is 5.56 Å². The van der Waals surface area contributed by atoms with Gasteiger partial charge < -0.3 is 14.4 Å². The van der Waals surface area contributed by atoms with Gasteiger partial charge in [0, 0.05) is 13.0 Å². The lowest BCUT2D eigenvalue weighted by molar-refractivity contribution is -0.117. The molecule has 0 aliphatic rings. The maximum absolute atomic E-state index is 10.9. The Bertz CT molecular complexity index is 421. The smallest absolute Gasteiger partial charge is 0.133 e. The predicted molar refractivity (Wildman–Crippen MR) is 81.8 cm³/mol. The number of hydrogen-bond acceptors (Lipinski definition) is 3. The van der Waals surface area contributed by atoms with Crippen molar-refractivity contribution in [1.29, 1.82) is 0 Å². The normalized spacial score (nSPS) is 10.8. The fourth-order valence-electron chi connectivity index (χ4n) is 1.90. The Morgan fingerprint density at radius 1 is 1.37 bits per heavy atom. The van der Waals surface area contributed by atoms with Crippen LogP contribution in [0.15, 0.2) is 22.7 Å². The van der Waals surface area contributed by atoms with Crippen molar-refractivity contribution in [2.45, 2.75) is 26.2 Å². The molecule has 1 rings (SSSR count). The molecule has 0 saturated heterocycles. The number of likely N-dealkylation sites (N-methyl/N-ethyl adjacent to an activating group) is 1. The van der Waals surface area contributed by atoms with Crippen LogP contribution in [0.2, 0.25) is 0 Å². The summed E-state index contributed by atoms with van der Waals surface area (Å²) in [5, 5.41) is 0. The lowest BCUT2D eigenvalue weighted by Gasteiger charge is -2.16. The Kier molecular flexibility index (Phi) is 7.10. The minimum Gasteiger partial charge on any atom is -0.496 e. The van der Waals surface area contributed by atoms with Crippen LogP contribution < -0.4 is 4.74 Å². The van der Waals surface area contributed by atoms with E-state index in [4.69, 9.17) is 4.74 Å². The zero-order valence-corrected chi connectivity index (χ0v) is 13.5. The first-order valence-corrected chi connectivity index (χ1v) is 7.32. The molecule has 0 heterocycles. The molecule has 0 radical (unpaired) electrons. The molecule has 0 atom stereocenters. The Labute approximate surface area is 124 Å². The molecule has 19 heavy (non-hydrogen) atoms. The summed E-state index contributed by atoms with van der Waals surface area (Å²) in [5.74, 6) is 1.13. The number of nitrogens with zero attached hydrogens (tertiary/aromatic N) is 1. The zero-order chi connectivity index (χ0) is 14.3. The van der Waals surface area contributed by atoms with Gasteiger partial charge in [-0.05, 0) is 67.0 Å². The number of ketones is 1. The van der Waals surface area contributed by atoms with E-state index < -0.39 is 0 Å². The van der Waals surface area contributed by atoms with Crippen LogP contribution in [0.4, 0.5) is 0 Å². The van der Waals surface area contributed by atoms with Gasteiger partial charge in [0.2, 0.25) is 0 Å². The Hall–Kier alpha value is -0.870. The molecule has 0 aliphatic carbocycles. The lowest BCUT2D eigenvalue weighted by atomic mass is 10.1. The first-order valence-electron chi connectivity index (χ1n) is 6.53. The highest BCUT2D eigenvalue weighted by Gasteiger charge is 2.04. The first kappa shape index (κ1) is 16.2. The van der Waals surface area contributed by atoms with Crippen LogP contribution in [0.1, 0.15) is 25.3 Å². The maximum atomic E-state index is 10.9. The second-order valence-electron chi connectivity index (χ2n) is 4.83. The molecular weight excluding hydrogens is 306 g/mol. The number of Topliss-reactive ketones (excluding diaryl/α,β-unsaturated/α-hetero) is 1. The number of carbonyl (C=O) groups is 1. The van der Waals surface area contributed by atoms with E-state index in [1.54, 1.807) is 14.0 Å². The lowest BCUT2D eigenvalue weighted by Crippen LogP contribution is -2.22. The number of ether oxygens (including phenoxy) is 1. The van der Waals surface area contributed by atoms with E-state index in [9.17, 15) is 4.79 Å². The van der Waals surface area contributed by atoms with Gasteiger partial charge in [-0.2, -0.15) is 0 Å². The van der Waals surface area contributed by atoms with Gasteiger partial charge in [0.05, 0.1) is 11.6 Å². The third-order valence-electron chi connectivity index (χ3n) is 3.07. The van der Waals surface area contributed by atoms with E-state index in [2.05, 4.69) is 40.0 Å². The van der Waals surface area contributed by atoms with Crippen molar-refractivity contribution in [2.75, 3.05) is 27.2 Å². The third-order valence-corrected chi connectivity index (χ3v) is 3.69. The molecule has 0 fully saturated rings. The minimum absolute atomic E-state index is 0.271. The Morgan fingerprint density at radius 2 is 2.11 bits per heavy atom. The summed E-state index contributed by atoms with van der Waals surface area (Å²) < 4.78 is 6.20. The van der Waals surface area contributed by atoms with Crippen molar-refractivity contribution in [3.63, 3.8) is 0 Å². The summed E-state index contributed by atoms with van der Waals surface area (Å²) in [6.45, 7) is 3.61. The van der Waals surface area contributed by atoms with Gasteiger partial charge in [-0.15, -0.1) is 0 Å². The largest absolute Gasteiger partial charge is 0.496 e. The van der Waals surface area contributed by atoms with Gasteiger partial charge in [0.15, 0.2) is 0 Å². The molecule has 0 bridgehead atoms. The van der Waals surface area contributed by atoms with Crippen LogP contribution in [0.5, 0.6) is 5.75 Å². The van der Waals surface area contributed by atoms with Gasteiger partial charge in [-0.25, -0.2) is 0 Å². The van der Waals surface area contributed by atoms with Gasteiger partial charge in [-0.1, -0.05) is 6.07 Å². The molecule has 4 heteroatoms. The highest BCUT2D eigenvalue weighted by Crippen LogP contribution is 2.25. The fraction of sp³-hybridized carbons (Fsp3) is 0.533. The highest BCUT2D eigenvalue weighted by molar-refractivity contribution is 9.10. The summed E-state index contributed by atoms with van der Waals surface area (Å²) in [7, 11) is 3.77. The zero-order valence-electron chi connectivity index (χ0n) is 11.9. The summed E-state index contributed by atoms with van der Waals surface area (Å²) >= 11 is 3.50. The Balaban J connectivity index is 2.35. The molecule has 0 spiro atoms. The van der Waals surface area contributed by atoms with Gasteiger partial charge in [0.1, 0.15) is 11.5 Å². The van der Waals surface area contributed by atoms with E-state index in [0.29, 0.717) is 6.42 Å². The molecular formula is C15H22BrNO2. The summed E-state index contributed by atoms with van der Waals surface area (Å²) in [5.41, 5.74) is 1.28. The predicted octanol–water partition coefficient (Wildman–Crippen LogP) is 3.30. The van der Waals surface area contributed by atoms with Gasteiger partial charge in [0.25, 0.3) is 0 Å². The van der Waals surface area contributed by atoms with Crippen molar-refractivity contribution in [2.24, 2.45) is 0 Å². The van der Waals surface area contributed by atoms with Crippen LogP contribution in [0, 0.1) is 0 Å². The van der Waals surface area contributed by atoms with Crippen molar-refractivity contribution in [3.8, 4) is 5.75 Å². The van der Waals surface area contributed by atoms with Crippen molar-refractivity contribution in [1.82, 2.24) is 4.90 Å². The molecule has 0 unspecified atom stereocenters. The summed E-state index contributed by atoms with van der Waals surface area (Å²) in [6, 6.07) is 6.17. The average Bonchev–Trinajstić information content (AvgIpc) is 2.36. The highest BCUT2D eigenvalue weighted by atomic mass is 79.9. The topological polar surface area (TPSA) is 29.5 Å². The average molecular weight is 328 g/mol. The molecule has 0 saturated carbocycles. The van der Waals surface area contributed by atoms with Crippen molar-refractivity contribution < 1.29 is 9.53 Å². The van der Waals surface area contributed by atoms with Crippen LogP contribution in [-0.4, -0.2) is 37.9 Å². The number of benzene rings is 1. The minimum atomic E-state index is 0.271. The van der Waals surface area contributed by atoms with Crippen molar-refractivity contribution >= 4 is 21.7 Å². The van der Waals surface area contributed by atoms with E-state index in [-0.39, 0.29) is 5.78 Å². The molecule has 0 amide bonds. The van der Waals surface area contributed by atoms with Crippen molar-refractivity contribution in [3.05, 3.63) is 28.2 Å². The molecule has 1 aromatic carbocycles. The fourth-order valence-corrected chi connectivity index (χ4v) is 2.48. The molecule has 0 aliphatic heterocycles. The molecule has 0 aromatic heterocycles. The second-order valence-corrected chi connectivity index (χ2v) is 5.68. The molecule has 106 valence electrons. The van der Waals surface area contributed by atoms with E-state index in [1.807, 2.05) is 6.07 Å². The Morgan fingerprint density at radius 3 is 2.68 bits per heavy atom. The summed E-state index contributed by atoms with van der Waals surface area (Å²) in [4.78, 5) is 13.1. The first-order chi connectivity index (χ1) is 9.02. The quantitative estimate of drug-likeness (QED) is 0.733. The number of carbonyl (C=O) groups excluding carboxylic acids is 1. The van der Waals surface area contributed by atoms with Gasteiger partial charge >= 0.3 is 0 Å². The van der Waals surface area contributed by atoms with Crippen LogP contribution in [0.25, 0.3) is 0 Å². The SMILES string of the molecule is COc1ccc(CCN(C)CCCC(C)=O)cc1Br. The standard InChI is InChI=1S/C15H22BrNO2/c1-12(18)5-4-9-17(2)10-8-13-6-7-15(19-3)14(16)11-13/h6-7,11H,4-5,8-10H2,1-3H3. The van der Waals surface area contributed by atoms with Crippen LogP contribution >= 0.6 is 15.9 Å². The summed E-state index contributed by atoms with van der Waals surface area (Å²) in [6.07, 6.45) is 2.62. The maximum Gasteiger partial charge on any atom is 0.133 e. The molecule has 3 nitrogen and oxygen atoms in total. The van der Waals surface area contributed by atoms with E-state index in [0.717, 1.165) is 36.2 Å². The number of halogens is 1. The molecule has 0 N–H and O–H groups in total.